The largest absolute Gasteiger partial charge is 0.507 e. The summed E-state index contributed by atoms with van der Waals surface area (Å²) in [4.78, 5) is 11.9. The van der Waals surface area contributed by atoms with E-state index in [0.717, 1.165) is 4.47 Å². The van der Waals surface area contributed by atoms with Crippen LogP contribution in [0.2, 0.25) is 0 Å². The number of carbonyl (C=O) groups excluding carboxylic acids is 1. The summed E-state index contributed by atoms with van der Waals surface area (Å²) in [5.74, 6) is 0.284. The predicted octanol–water partition coefficient (Wildman–Crippen LogP) is 3.71. The van der Waals surface area contributed by atoms with Crippen LogP contribution in [0, 0.1) is 0 Å². The number of hydrazone groups is 1. The Balaban J connectivity index is 2.00. The molecule has 0 aliphatic carbocycles. The summed E-state index contributed by atoms with van der Waals surface area (Å²) in [5.41, 5.74) is 3.39. The number of phenols is 1. The van der Waals surface area contributed by atoms with Gasteiger partial charge in [0.15, 0.2) is 0 Å². The number of benzene rings is 2. The highest BCUT2D eigenvalue weighted by molar-refractivity contribution is 9.10. The average molecular weight is 377 g/mol. The van der Waals surface area contributed by atoms with E-state index in [9.17, 15) is 9.90 Å². The zero-order valence-corrected chi connectivity index (χ0v) is 14.4. The fourth-order valence-electron chi connectivity index (χ4n) is 1.80. The molecular formula is C17H17BrN2O3. The van der Waals surface area contributed by atoms with Crippen molar-refractivity contribution in [2.45, 2.75) is 20.0 Å². The SMILES string of the molecule is CC(C)Oc1ccc(/C=N\NC(=O)c2ccc(Br)cc2)c(O)c1. The second-order valence-corrected chi connectivity index (χ2v) is 6.01. The fraction of sp³-hybridized carbons (Fsp3) is 0.176. The summed E-state index contributed by atoms with van der Waals surface area (Å²) in [6, 6.07) is 11.8. The first-order valence-corrected chi connectivity index (χ1v) is 7.83. The molecule has 2 rings (SSSR count). The summed E-state index contributed by atoms with van der Waals surface area (Å²) in [6.45, 7) is 3.81. The highest BCUT2D eigenvalue weighted by Gasteiger charge is 2.05. The highest BCUT2D eigenvalue weighted by atomic mass is 79.9. The minimum absolute atomic E-state index is 0.0270. The summed E-state index contributed by atoms with van der Waals surface area (Å²) < 4.78 is 6.38. The Labute approximate surface area is 143 Å². The van der Waals surface area contributed by atoms with Gasteiger partial charge in [0.2, 0.25) is 0 Å². The number of ether oxygens (including phenoxy) is 1. The van der Waals surface area contributed by atoms with E-state index in [0.29, 0.717) is 16.9 Å². The van der Waals surface area contributed by atoms with Crippen LogP contribution in [0.4, 0.5) is 0 Å². The molecule has 6 heteroatoms. The lowest BCUT2D eigenvalue weighted by atomic mass is 10.2. The topological polar surface area (TPSA) is 70.9 Å². The molecule has 0 aliphatic rings. The van der Waals surface area contributed by atoms with E-state index in [1.54, 1.807) is 36.4 Å². The molecule has 0 unspecified atom stereocenters. The van der Waals surface area contributed by atoms with Crippen LogP contribution >= 0.6 is 15.9 Å². The fourth-order valence-corrected chi connectivity index (χ4v) is 2.07. The van der Waals surface area contributed by atoms with Gasteiger partial charge in [-0.05, 0) is 50.2 Å². The van der Waals surface area contributed by atoms with E-state index >= 15 is 0 Å². The third-order valence-corrected chi connectivity index (χ3v) is 3.38. The molecule has 0 fully saturated rings. The molecule has 0 heterocycles. The molecule has 120 valence electrons. The van der Waals surface area contributed by atoms with Gasteiger partial charge in [-0.25, -0.2) is 5.43 Å². The van der Waals surface area contributed by atoms with Crippen LogP contribution in [0.15, 0.2) is 52.0 Å². The summed E-state index contributed by atoms with van der Waals surface area (Å²) >= 11 is 3.31. The van der Waals surface area contributed by atoms with Gasteiger partial charge >= 0.3 is 0 Å². The predicted molar refractivity (Wildman–Crippen MR) is 93.1 cm³/mol. The third-order valence-electron chi connectivity index (χ3n) is 2.85. The third kappa shape index (κ3) is 5.10. The molecule has 2 aromatic carbocycles. The number of rotatable bonds is 5. The second kappa shape index (κ2) is 7.78. The molecule has 23 heavy (non-hydrogen) atoms. The van der Waals surface area contributed by atoms with Gasteiger partial charge in [-0.15, -0.1) is 0 Å². The van der Waals surface area contributed by atoms with E-state index < -0.39 is 0 Å². The average Bonchev–Trinajstić information content (AvgIpc) is 2.49. The smallest absolute Gasteiger partial charge is 0.271 e. The summed E-state index contributed by atoms with van der Waals surface area (Å²) in [5, 5.41) is 13.8. The van der Waals surface area contributed by atoms with E-state index in [1.807, 2.05) is 13.8 Å². The maximum Gasteiger partial charge on any atom is 0.271 e. The Morgan fingerprint density at radius 3 is 2.57 bits per heavy atom. The van der Waals surface area contributed by atoms with Crippen molar-refractivity contribution in [2.24, 2.45) is 5.10 Å². The maximum absolute atomic E-state index is 11.9. The van der Waals surface area contributed by atoms with E-state index in [1.165, 1.54) is 12.3 Å². The van der Waals surface area contributed by atoms with Gasteiger partial charge in [-0.2, -0.15) is 5.10 Å². The molecule has 1 amide bonds. The summed E-state index contributed by atoms with van der Waals surface area (Å²) in [6.07, 6.45) is 1.41. The van der Waals surface area contributed by atoms with Crippen molar-refractivity contribution in [1.82, 2.24) is 5.43 Å². The summed E-state index contributed by atoms with van der Waals surface area (Å²) in [7, 11) is 0. The van der Waals surface area contributed by atoms with E-state index in [-0.39, 0.29) is 17.8 Å². The Morgan fingerprint density at radius 2 is 1.96 bits per heavy atom. The van der Waals surface area contributed by atoms with E-state index in [4.69, 9.17) is 4.74 Å². The van der Waals surface area contributed by atoms with Gasteiger partial charge in [0.1, 0.15) is 11.5 Å². The maximum atomic E-state index is 11.9. The lowest BCUT2D eigenvalue weighted by Gasteiger charge is -2.10. The molecule has 0 aromatic heterocycles. The minimum Gasteiger partial charge on any atom is -0.507 e. The number of halogens is 1. The van der Waals surface area contributed by atoms with Crippen LogP contribution in [-0.2, 0) is 0 Å². The molecule has 0 radical (unpaired) electrons. The number of aromatic hydroxyl groups is 1. The van der Waals surface area contributed by atoms with Gasteiger partial charge in [-0.1, -0.05) is 15.9 Å². The van der Waals surface area contributed by atoms with Crippen LogP contribution in [0.3, 0.4) is 0 Å². The number of nitrogens with zero attached hydrogens (tertiary/aromatic N) is 1. The monoisotopic (exact) mass is 376 g/mol. The number of hydrogen-bond acceptors (Lipinski definition) is 4. The van der Waals surface area contributed by atoms with Crippen LogP contribution in [0.1, 0.15) is 29.8 Å². The number of nitrogens with one attached hydrogen (secondary N) is 1. The number of carbonyl (C=O) groups is 1. The Kier molecular flexibility index (Phi) is 5.76. The van der Waals surface area contributed by atoms with Crippen LogP contribution in [0.5, 0.6) is 11.5 Å². The van der Waals surface area contributed by atoms with Crippen molar-refractivity contribution < 1.29 is 14.6 Å². The quantitative estimate of drug-likeness (QED) is 0.617. The first-order valence-electron chi connectivity index (χ1n) is 7.04. The Morgan fingerprint density at radius 1 is 1.26 bits per heavy atom. The van der Waals surface area contributed by atoms with Crippen LogP contribution in [0.25, 0.3) is 0 Å². The highest BCUT2D eigenvalue weighted by Crippen LogP contribution is 2.23. The number of amides is 1. The van der Waals surface area contributed by atoms with Crippen molar-refractivity contribution in [3.8, 4) is 11.5 Å². The lowest BCUT2D eigenvalue weighted by molar-refractivity contribution is 0.0955. The van der Waals surface area contributed by atoms with Gasteiger partial charge in [0.05, 0.1) is 12.3 Å². The zero-order chi connectivity index (χ0) is 16.8. The standard InChI is InChI=1S/C17H17BrN2O3/c1-11(2)23-15-8-5-13(16(21)9-15)10-19-20-17(22)12-3-6-14(18)7-4-12/h3-11,21H,1-2H3,(H,20,22)/b19-10-. The van der Waals surface area contributed by atoms with Crippen molar-refractivity contribution in [1.29, 1.82) is 0 Å². The first-order chi connectivity index (χ1) is 11.0. The normalized spacial score (nSPS) is 11.0. The van der Waals surface area contributed by atoms with Gasteiger partial charge in [0.25, 0.3) is 5.91 Å². The van der Waals surface area contributed by atoms with Crippen molar-refractivity contribution >= 4 is 28.1 Å². The molecule has 2 aromatic rings. The molecular weight excluding hydrogens is 360 g/mol. The molecule has 0 atom stereocenters. The molecule has 0 saturated heterocycles. The van der Waals surface area contributed by atoms with Crippen molar-refractivity contribution in [3.05, 3.63) is 58.1 Å². The van der Waals surface area contributed by atoms with Crippen molar-refractivity contribution in [2.75, 3.05) is 0 Å². The molecule has 2 N–H and O–H groups in total. The lowest BCUT2D eigenvalue weighted by Crippen LogP contribution is -2.17. The molecule has 0 spiro atoms. The zero-order valence-electron chi connectivity index (χ0n) is 12.8. The molecule has 0 bridgehead atoms. The first kappa shape index (κ1) is 17.0. The molecule has 0 aliphatic heterocycles. The van der Waals surface area contributed by atoms with Crippen LogP contribution < -0.4 is 10.2 Å². The Bertz CT molecular complexity index is 712. The second-order valence-electron chi connectivity index (χ2n) is 5.09. The van der Waals surface area contributed by atoms with Crippen LogP contribution in [-0.4, -0.2) is 23.3 Å². The van der Waals surface area contributed by atoms with Gasteiger partial charge in [-0.3, -0.25) is 4.79 Å². The molecule has 0 saturated carbocycles. The minimum atomic E-state index is -0.326. The van der Waals surface area contributed by atoms with E-state index in [2.05, 4.69) is 26.5 Å². The number of hydrogen-bond donors (Lipinski definition) is 2. The van der Waals surface area contributed by atoms with Gasteiger partial charge in [0, 0.05) is 21.7 Å². The van der Waals surface area contributed by atoms with Gasteiger partial charge < -0.3 is 9.84 Å². The molecule has 5 nitrogen and oxygen atoms in total. The Hall–Kier alpha value is -2.34. The number of phenolic OH excluding ortho intramolecular Hbond substituents is 1. The van der Waals surface area contributed by atoms with Crippen molar-refractivity contribution in [3.63, 3.8) is 0 Å².